The summed E-state index contributed by atoms with van der Waals surface area (Å²) in [5.41, 5.74) is 4.39. The van der Waals surface area contributed by atoms with Crippen molar-refractivity contribution in [2.75, 3.05) is 0 Å². The first-order chi connectivity index (χ1) is 6.95. The van der Waals surface area contributed by atoms with E-state index in [0.29, 0.717) is 0 Å². The van der Waals surface area contributed by atoms with Crippen LogP contribution in [0.2, 0.25) is 0 Å². The second kappa shape index (κ2) is 13.2. The fraction of sp³-hybridized carbons (Fsp3) is 0.643. The first-order valence-electron chi connectivity index (χ1n) is 5.80. The van der Waals surface area contributed by atoms with Crippen LogP contribution in [0.5, 0.6) is 0 Å². The van der Waals surface area contributed by atoms with E-state index in [9.17, 15) is 0 Å². The maximum Gasteiger partial charge on any atom is 0.0399 e. The second-order valence-corrected chi connectivity index (χ2v) is 3.06. The lowest BCUT2D eigenvalue weighted by atomic mass is 10.2. The Labute approximate surface area is 97.0 Å². The third kappa shape index (κ3) is 13.2. The molecule has 0 atom stereocenters. The largest absolute Gasteiger partial charge is 0.258 e. The van der Waals surface area contributed by atoms with Gasteiger partial charge >= 0.3 is 0 Å². The van der Waals surface area contributed by atoms with Crippen molar-refractivity contribution >= 4 is 5.71 Å². The number of nitrogens with zero attached hydrogens (tertiary/aromatic N) is 1. The Morgan fingerprint density at radius 1 is 0.800 bits per heavy atom. The van der Waals surface area contributed by atoms with Gasteiger partial charge in [0.1, 0.15) is 0 Å². The molecule has 0 N–H and O–H groups in total. The highest BCUT2D eigenvalue weighted by atomic mass is 14.7. The van der Waals surface area contributed by atoms with Gasteiger partial charge in [-0.05, 0) is 40.2 Å². The molecule has 90 valence electrons. The number of hydrogen-bond acceptors (Lipinski definition) is 1. The van der Waals surface area contributed by atoms with Gasteiger partial charge in [-0.25, -0.2) is 0 Å². The van der Waals surface area contributed by atoms with Crippen LogP contribution in [0.15, 0.2) is 28.4 Å². The molecule has 15 heavy (non-hydrogen) atoms. The average molecular weight is 211 g/mol. The van der Waals surface area contributed by atoms with Gasteiger partial charge in [0.15, 0.2) is 0 Å². The lowest BCUT2D eigenvalue weighted by Gasteiger charge is -2.00. The molecule has 0 aromatic heterocycles. The normalized spacial score (nSPS) is 9.00. The predicted octanol–water partition coefficient (Wildman–Crippen LogP) is 5.39. The van der Waals surface area contributed by atoms with Crippen LogP contribution in [0.3, 0.4) is 0 Å². The maximum absolute atomic E-state index is 4.37. The summed E-state index contributed by atoms with van der Waals surface area (Å²) in [6, 6.07) is 0. The Morgan fingerprint density at radius 3 is 1.33 bits per heavy atom. The van der Waals surface area contributed by atoms with Gasteiger partial charge in [-0.2, -0.15) is 0 Å². The van der Waals surface area contributed by atoms with Crippen molar-refractivity contribution in [3.05, 3.63) is 23.4 Å². The number of allylic oxidation sites excluding steroid dienone is 3. The third-order valence-corrected chi connectivity index (χ3v) is 1.68. The first kappa shape index (κ1) is 19.7. The molecule has 0 bridgehead atoms. The summed E-state index contributed by atoms with van der Waals surface area (Å²) in [5, 5.41) is 0. The molecule has 0 saturated heterocycles. The highest BCUT2D eigenvalue weighted by Gasteiger charge is 1.92. The molecule has 1 heteroatoms. The Balaban J connectivity index is -0.000000318. The van der Waals surface area contributed by atoms with Crippen molar-refractivity contribution in [3.8, 4) is 0 Å². The van der Waals surface area contributed by atoms with Crippen molar-refractivity contribution in [1.82, 2.24) is 0 Å². The van der Waals surface area contributed by atoms with Crippen LogP contribution >= 0.6 is 0 Å². The number of aliphatic imine (C=N–C) groups is 1. The van der Waals surface area contributed by atoms with Crippen molar-refractivity contribution in [3.63, 3.8) is 0 Å². The summed E-state index contributed by atoms with van der Waals surface area (Å²) in [4.78, 5) is 4.37. The molecule has 0 aromatic carbocycles. The molecule has 0 aliphatic carbocycles. The summed E-state index contributed by atoms with van der Waals surface area (Å²) in [6.07, 6.45) is 0. The lowest BCUT2D eigenvalue weighted by Crippen LogP contribution is -1.92. The molecule has 0 aliphatic rings. The van der Waals surface area contributed by atoms with Gasteiger partial charge in [-0.15, -0.1) is 0 Å². The van der Waals surface area contributed by atoms with Gasteiger partial charge in [0.2, 0.25) is 0 Å². The zero-order valence-corrected chi connectivity index (χ0v) is 12.2. The van der Waals surface area contributed by atoms with Crippen LogP contribution in [0.25, 0.3) is 0 Å². The number of hydrogen-bond donors (Lipinski definition) is 0. The Hall–Kier alpha value is -0.850. The fourth-order valence-electron chi connectivity index (χ4n) is 0.459. The first-order valence-corrected chi connectivity index (χ1v) is 5.80. The zero-order valence-electron chi connectivity index (χ0n) is 12.2. The SMILES string of the molecule is C=C(C)C(C)=NC(C)=C(C)C.CC.CC. The van der Waals surface area contributed by atoms with Crippen LogP contribution in [0, 0.1) is 0 Å². The Kier molecular flexibility index (Phi) is 17.3. The topological polar surface area (TPSA) is 12.4 Å². The van der Waals surface area contributed by atoms with E-state index in [-0.39, 0.29) is 0 Å². The monoisotopic (exact) mass is 211 g/mol. The molecule has 0 amide bonds. The zero-order chi connectivity index (χ0) is 13.0. The highest BCUT2D eigenvalue weighted by Crippen LogP contribution is 2.05. The summed E-state index contributed by atoms with van der Waals surface area (Å²) in [7, 11) is 0. The van der Waals surface area contributed by atoms with E-state index in [4.69, 9.17) is 0 Å². The summed E-state index contributed by atoms with van der Waals surface area (Å²) < 4.78 is 0. The minimum atomic E-state index is 1.02. The fourth-order valence-corrected chi connectivity index (χ4v) is 0.459. The van der Waals surface area contributed by atoms with E-state index >= 15 is 0 Å². The van der Waals surface area contributed by atoms with E-state index in [1.165, 1.54) is 5.57 Å². The van der Waals surface area contributed by atoms with Gasteiger partial charge in [0, 0.05) is 11.4 Å². The maximum atomic E-state index is 4.37. The summed E-state index contributed by atoms with van der Waals surface area (Å²) >= 11 is 0. The lowest BCUT2D eigenvalue weighted by molar-refractivity contribution is 1.18. The van der Waals surface area contributed by atoms with Crippen LogP contribution in [-0.4, -0.2) is 5.71 Å². The van der Waals surface area contributed by atoms with Gasteiger partial charge in [-0.1, -0.05) is 39.8 Å². The molecular formula is C14H29N. The molecule has 0 aliphatic heterocycles. The summed E-state index contributed by atoms with van der Waals surface area (Å²) in [6.45, 7) is 21.9. The van der Waals surface area contributed by atoms with Crippen molar-refractivity contribution < 1.29 is 0 Å². The van der Waals surface area contributed by atoms with Crippen LogP contribution < -0.4 is 0 Å². The molecule has 0 unspecified atom stereocenters. The Bertz CT molecular complexity index is 215. The van der Waals surface area contributed by atoms with Gasteiger partial charge in [0.25, 0.3) is 0 Å². The standard InChI is InChI=1S/C10H17N.2C2H6/c1-7(2)9(5)11-10(6)8(3)4;2*1-2/h1H2,2-6H3;2*1-2H3. The van der Waals surface area contributed by atoms with E-state index in [0.717, 1.165) is 17.0 Å². The molecule has 1 nitrogen and oxygen atoms in total. The predicted molar refractivity (Wildman–Crippen MR) is 74.7 cm³/mol. The summed E-state index contributed by atoms with van der Waals surface area (Å²) in [5.74, 6) is 0. The van der Waals surface area contributed by atoms with E-state index < -0.39 is 0 Å². The van der Waals surface area contributed by atoms with Gasteiger partial charge < -0.3 is 0 Å². The molecule has 0 spiro atoms. The molecule has 0 fully saturated rings. The average Bonchev–Trinajstić information content (AvgIpc) is 2.23. The van der Waals surface area contributed by atoms with Gasteiger partial charge in [-0.3, -0.25) is 4.99 Å². The highest BCUT2D eigenvalue weighted by molar-refractivity contribution is 5.97. The quantitative estimate of drug-likeness (QED) is 0.543. The molecule has 0 heterocycles. The van der Waals surface area contributed by atoms with Crippen molar-refractivity contribution in [1.29, 1.82) is 0 Å². The third-order valence-electron chi connectivity index (χ3n) is 1.68. The molecular weight excluding hydrogens is 182 g/mol. The number of rotatable bonds is 2. The molecule has 0 radical (unpaired) electrons. The molecule has 0 rings (SSSR count). The minimum absolute atomic E-state index is 1.02. The van der Waals surface area contributed by atoms with Crippen molar-refractivity contribution in [2.45, 2.75) is 62.3 Å². The molecule has 0 saturated carbocycles. The van der Waals surface area contributed by atoms with Crippen LogP contribution in [0.1, 0.15) is 62.3 Å². The van der Waals surface area contributed by atoms with Crippen molar-refractivity contribution in [2.24, 2.45) is 4.99 Å². The van der Waals surface area contributed by atoms with E-state index in [2.05, 4.69) is 25.4 Å². The van der Waals surface area contributed by atoms with Crippen LogP contribution in [-0.2, 0) is 0 Å². The van der Waals surface area contributed by atoms with E-state index in [1.807, 2.05) is 48.5 Å². The smallest absolute Gasteiger partial charge is 0.0399 e. The minimum Gasteiger partial charge on any atom is -0.258 e. The van der Waals surface area contributed by atoms with Gasteiger partial charge in [0.05, 0.1) is 0 Å². The van der Waals surface area contributed by atoms with E-state index in [1.54, 1.807) is 0 Å². The second-order valence-electron chi connectivity index (χ2n) is 3.06. The van der Waals surface area contributed by atoms with Crippen LogP contribution in [0.4, 0.5) is 0 Å². The molecule has 0 aromatic rings. The Morgan fingerprint density at radius 2 is 1.13 bits per heavy atom.